The van der Waals surface area contributed by atoms with Crippen molar-refractivity contribution in [2.75, 3.05) is 6.61 Å². The Labute approximate surface area is 165 Å². The first-order chi connectivity index (χ1) is 13.3. The minimum Gasteiger partial charge on any atom is -0.462 e. The van der Waals surface area contributed by atoms with Gasteiger partial charge in [0.25, 0.3) is 0 Å². The molecule has 1 aromatic carbocycles. The molecular weight excluding hydrogens is 336 g/mol. The molecule has 1 saturated heterocycles. The first-order valence-electron chi connectivity index (χ1n) is 11.2. The summed E-state index contributed by atoms with van der Waals surface area (Å²) in [6.45, 7) is 2.72. The van der Waals surface area contributed by atoms with Crippen LogP contribution in [0.15, 0.2) is 30.3 Å². The normalized spacial score (nSPS) is 18.4. The molecule has 0 N–H and O–H groups in total. The highest BCUT2D eigenvalue weighted by molar-refractivity contribution is 5.89. The molecule has 0 amide bonds. The van der Waals surface area contributed by atoms with Crippen molar-refractivity contribution in [2.45, 2.75) is 103 Å². The number of hydrogen-bond acceptors (Lipinski definition) is 3. The molecular formula is C24H38O3. The van der Waals surface area contributed by atoms with E-state index >= 15 is 0 Å². The van der Waals surface area contributed by atoms with Gasteiger partial charge in [-0.15, -0.1) is 0 Å². The Bertz CT molecular complexity index is 500. The van der Waals surface area contributed by atoms with E-state index in [-0.39, 0.29) is 5.97 Å². The molecule has 0 aliphatic carbocycles. The molecule has 2 rings (SSSR count). The van der Waals surface area contributed by atoms with Crippen LogP contribution in [0.2, 0.25) is 0 Å². The Kier molecular flexibility index (Phi) is 11.2. The van der Waals surface area contributed by atoms with Crippen LogP contribution in [-0.4, -0.2) is 24.8 Å². The van der Waals surface area contributed by atoms with Crippen LogP contribution < -0.4 is 0 Å². The maximum absolute atomic E-state index is 11.8. The van der Waals surface area contributed by atoms with Crippen LogP contribution in [-0.2, 0) is 9.47 Å². The fourth-order valence-electron chi connectivity index (χ4n) is 3.62. The number of benzene rings is 1. The lowest BCUT2D eigenvalue weighted by atomic mass is 10.0. The average Bonchev–Trinajstić information content (AvgIpc) is 3.45. The van der Waals surface area contributed by atoms with Crippen LogP contribution in [0, 0.1) is 0 Å². The Hall–Kier alpha value is -1.35. The van der Waals surface area contributed by atoms with E-state index in [2.05, 4.69) is 6.92 Å². The second-order valence-corrected chi connectivity index (χ2v) is 7.83. The first kappa shape index (κ1) is 21.9. The molecule has 1 aromatic rings. The molecule has 27 heavy (non-hydrogen) atoms. The lowest BCUT2D eigenvalue weighted by Crippen LogP contribution is -2.08. The monoisotopic (exact) mass is 374 g/mol. The topological polar surface area (TPSA) is 38.8 Å². The molecule has 0 spiro atoms. The maximum atomic E-state index is 11.8. The third-order valence-corrected chi connectivity index (χ3v) is 5.42. The van der Waals surface area contributed by atoms with Gasteiger partial charge in [-0.1, -0.05) is 95.8 Å². The Morgan fingerprint density at radius 2 is 1.37 bits per heavy atom. The third kappa shape index (κ3) is 9.95. The summed E-state index contributed by atoms with van der Waals surface area (Å²) in [6, 6.07) is 9.17. The largest absolute Gasteiger partial charge is 0.462 e. The van der Waals surface area contributed by atoms with Gasteiger partial charge < -0.3 is 9.47 Å². The number of carbonyl (C=O) groups is 1. The summed E-state index contributed by atoms with van der Waals surface area (Å²) in [4.78, 5) is 11.8. The molecule has 0 radical (unpaired) electrons. The molecule has 1 aliphatic heterocycles. The number of epoxide rings is 1. The van der Waals surface area contributed by atoms with E-state index in [4.69, 9.17) is 9.47 Å². The number of rotatable bonds is 16. The minimum absolute atomic E-state index is 0.238. The molecule has 3 heteroatoms. The molecule has 0 aromatic heterocycles. The summed E-state index contributed by atoms with van der Waals surface area (Å²) in [6.07, 6.45) is 17.9. The van der Waals surface area contributed by atoms with E-state index < -0.39 is 0 Å². The summed E-state index contributed by atoms with van der Waals surface area (Å²) in [5.41, 5.74) is 0.617. The van der Waals surface area contributed by atoms with Crippen LogP contribution in [0.4, 0.5) is 0 Å². The maximum Gasteiger partial charge on any atom is 0.338 e. The summed E-state index contributed by atoms with van der Waals surface area (Å²) in [5, 5.41) is 0. The number of esters is 1. The fourth-order valence-corrected chi connectivity index (χ4v) is 3.62. The fraction of sp³-hybridized carbons (Fsp3) is 0.708. The molecule has 2 unspecified atom stereocenters. The number of carbonyl (C=O) groups excluding carboxylic acids is 1. The van der Waals surface area contributed by atoms with E-state index in [1.165, 1.54) is 70.6 Å². The minimum atomic E-state index is -0.238. The number of ether oxygens (including phenoxy) is 2. The van der Waals surface area contributed by atoms with E-state index in [0.29, 0.717) is 24.4 Å². The van der Waals surface area contributed by atoms with Crippen LogP contribution in [0.25, 0.3) is 0 Å². The molecule has 3 nitrogen and oxygen atoms in total. The van der Waals surface area contributed by atoms with Gasteiger partial charge in [0.15, 0.2) is 0 Å². The third-order valence-electron chi connectivity index (χ3n) is 5.42. The number of unbranched alkanes of at least 4 members (excludes halogenated alkanes) is 10. The van der Waals surface area contributed by atoms with E-state index in [1.54, 1.807) is 12.1 Å². The predicted molar refractivity (Wildman–Crippen MR) is 111 cm³/mol. The second-order valence-electron chi connectivity index (χ2n) is 7.83. The SMILES string of the molecule is CCCCCCCCCCCCCC1OC1CCOC(=O)c1ccccc1. The van der Waals surface area contributed by atoms with Crippen molar-refractivity contribution in [1.29, 1.82) is 0 Å². The van der Waals surface area contributed by atoms with Gasteiger partial charge in [-0.3, -0.25) is 0 Å². The summed E-state index contributed by atoms with van der Waals surface area (Å²) < 4.78 is 11.0. The van der Waals surface area contributed by atoms with E-state index in [1.807, 2.05) is 18.2 Å². The summed E-state index contributed by atoms with van der Waals surface area (Å²) in [7, 11) is 0. The molecule has 1 heterocycles. The van der Waals surface area contributed by atoms with Gasteiger partial charge in [-0.25, -0.2) is 4.79 Å². The van der Waals surface area contributed by atoms with Crippen molar-refractivity contribution >= 4 is 5.97 Å². The smallest absolute Gasteiger partial charge is 0.338 e. The van der Waals surface area contributed by atoms with E-state index in [0.717, 1.165) is 12.8 Å². The van der Waals surface area contributed by atoms with Crippen molar-refractivity contribution < 1.29 is 14.3 Å². The lowest BCUT2D eigenvalue weighted by Gasteiger charge is -2.03. The summed E-state index contributed by atoms with van der Waals surface area (Å²) >= 11 is 0. The van der Waals surface area contributed by atoms with Gasteiger partial charge in [0.1, 0.15) is 0 Å². The highest BCUT2D eigenvalue weighted by Crippen LogP contribution is 2.30. The molecule has 2 atom stereocenters. The molecule has 0 saturated carbocycles. The van der Waals surface area contributed by atoms with Gasteiger partial charge in [0.05, 0.1) is 24.4 Å². The van der Waals surface area contributed by atoms with Gasteiger partial charge >= 0.3 is 5.97 Å². The van der Waals surface area contributed by atoms with Crippen LogP contribution in [0.1, 0.15) is 101 Å². The molecule has 0 bridgehead atoms. The molecule has 152 valence electrons. The molecule has 1 aliphatic rings. The average molecular weight is 375 g/mol. The van der Waals surface area contributed by atoms with Crippen molar-refractivity contribution in [2.24, 2.45) is 0 Å². The zero-order valence-electron chi connectivity index (χ0n) is 17.2. The van der Waals surface area contributed by atoms with Crippen molar-refractivity contribution in [3.05, 3.63) is 35.9 Å². The van der Waals surface area contributed by atoms with Crippen LogP contribution in [0.5, 0.6) is 0 Å². The highest BCUT2D eigenvalue weighted by atomic mass is 16.6. The Morgan fingerprint density at radius 3 is 2.00 bits per heavy atom. The molecule has 1 fully saturated rings. The van der Waals surface area contributed by atoms with Crippen LogP contribution in [0.3, 0.4) is 0 Å². The Balaban J connectivity index is 1.35. The number of hydrogen-bond donors (Lipinski definition) is 0. The first-order valence-corrected chi connectivity index (χ1v) is 11.2. The van der Waals surface area contributed by atoms with Gasteiger partial charge in [-0.2, -0.15) is 0 Å². The van der Waals surface area contributed by atoms with Crippen LogP contribution >= 0.6 is 0 Å². The van der Waals surface area contributed by atoms with Gasteiger partial charge in [-0.05, 0) is 18.6 Å². The zero-order valence-corrected chi connectivity index (χ0v) is 17.2. The van der Waals surface area contributed by atoms with Gasteiger partial charge in [0.2, 0.25) is 0 Å². The highest BCUT2D eigenvalue weighted by Gasteiger charge is 2.37. The Morgan fingerprint density at radius 1 is 0.815 bits per heavy atom. The van der Waals surface area contributed by atoms with E-state index in [9.17, 15) is 4.79 Å². The van der Waals surface area contributed by atoms with Crippen molar-refractivity contribution in [1.82, 2.24) is 0 Å². The predicted octanol–water partition coefficient (Wildman–Crippen LogP) is 6.70. The van der Waals surface area contributed by atoms with Gasteiger partial charge in [0, 0.05) is 6.42 Å². The standard InChI is InChI=1S/C24H38O3/c1-2-3-4-5-6-7-8-9-10-11-15-18-22-23(27-22)19-20-26-24(25)21-16-13-12-14-17-21/h12-14,16-17,22-23H,2-11,15,18-20H2,1H3. The zero-order chi connectivity index (χ0) is 19.2. The quantitative estimate of drug-likeness (QED) is 0.183. The van der Waals surface area contributed by atoms with Crippen molar-refractivity contribution in [3.63, 3.8) is 0 Å². The summed E-state index contributed by atoms with van der Waals surface area (Å²) in [5.74, 6) is -0.238. The second kappa shape index (κ2) is 13.8. The lowest BCUT2D eigenvalue weighted by molar-refractivity contribution is 0.0493. The van der Waals surface area contributed by atoms with Crippen molar-refractivity contribution in [3.8, 4) is 0 Å².